The highest BCUT2D eigenvalue weighted by molar-refractivity contribution is 6.00. The van der Waals surface area contributed by atoms with Crippen LogP contribution in [0.5, 0.6) is 0 Å². The molecule has 142 valence electrons. The van der Waals surface area contributed by atoms with Crippen LogP contribution in [0.1, 0.15) is 22.5 Å². The van der Waals surface area contributed by atoms with Gasteiger partial charge in [0, 0.05) is 35.9 Å². The monoisotopic (exact) mass is 373 g/mol. The van der Waals surface area contributed by atoms with E-state index in [2.05, 4.69) is 31.6 Å². The molecule has 2 heterocycles. The van der Waals surface area contributed by atoms with Crippen LogP contribution >= 0.6 is 0 Å². The minimum absolute atomic E-state index is 0.236. The summed E-state index contributed by atoms with van der Waals surface area (Å²) in [5.41, 5.74) is 5.93. The summed E-state index contributed by atoms with van der Waals surface area (Å²) < 4.78 is 0. The van der Waals surface area contributed by atoms with Crippen molar-refractivity contribution in [1.82, 2.24) is 9.97 Å². The number of hydrogen-bond acceptors (Lipinski definition) is 4. The summed E-state index contributed by atoms with van der Waals surface area (Å²) in [5, 5.41) is 5.86. The zero-order chi connectivity index (χ0) is 19.5. The molecule has 0 unspecified atom stereocenters. The number of rotatable bonds is 3. The van der Waals surface area contributed by atoms with E-state index in [9.17, 15) is 4.79 Å². The number of para-hydroxylation sites is 1. The Balaban J connectivity index is 1.50. The van der Waals surface area contributed by atoms with Gasteiger partial charge in [0.25, 0.3) is 0 Å². The van der Waals surface area contributed by atoms with Crippen LogP contribution in [0.2, 0.25) is 0 Å². The van der Waals surface area contributed by atoms with Gasteiger partial charge in [-0.05, 0) is 55.7 Å². The largest absolute Gasteiger partial charge is 0.336 e. The van der Waals surface area contributed by atoms with Crippen molar-refractivity contribution in [2.24, 2.45) is 0 Å². The molecule has 4 rings (SSSR count). The first-order valence-electron chi connectivity index (χ1n) is 9.39. The molecule has 0 spiro atoms. The molecule has 28 heavy (non-hydrogen) atoms. The minimum Gasteiger partial charge on any atom is -0.336 e. The number of aromatic nitrogens is 2. The first kappa shape index (κ1) is 18.0. The number of nitrogens with zero attached hydrogens (tertiary/aromatic N) is 3. The third kappa shape index (κ3) is 3.96. The van der Waals surface area contributed by atoms with Gasteiger partial charge in [-0.25, -0.2) is 14.8 Å². The quantitative estimate of drug-likeness (QED) is 0.718. The average molecular weight is 373 g/mol. The van der Waals surface area contributed by atoms with Gasteiger partial charge in [-0.3, -0.25) is 0 Å². The number of fused-ring (bicyclic) bond motifs is 1. The summed E-state index contributed by atoms with van der Waals surface area (Å²) in [6, 6.07) is 17.2. The van der Waals surface area contributed by atoms with Crippen molar-refractivity contribution >= 4 is 23.4 Å². The summed E-state index contributed by atoms with van der Waals surface area (Å²) in [4.78, 5) is 23.7. The number of amides is 2. The molecule has 1 aromatic heterocycles. The summed E-state index contributed by atoms with van der Waals surface area (Å²) in [6.45, 7) is 5.52. The van der Waals surface area contributed by atoms with Gasteiger partial charge in [0.05, 0.1) is 0 Å². The third-order valence-corrected chi connectivity index (χ3v) is 4.80. The van der Waals surface area contributed by atoms with Gasteiger partial charge in [0.1, 0.15) is 0 Å². The molecule has 2 N–H and O–H groups in total. The van der Waals surface area contributed by atoms with Crippen molar-refractivity contribution in [2.75, 3.05) is 22.1 Å². The molecule has 1 aliphatic rings. The molecule has 0 bridgehead atoms. The summed E-state index contributed by atoms with van der Waals surface area (Å²) in [7, 11) is 0. The Kier molecular flexibility index (Phi) is 4.93. The second kappa shape index (κ2) is 7.68. The lowest BCUT2D eigenvalue weighted by Gasteiger charge is -2.30. The van der Waals surface area contributed by atoms with Crippen LogP contribution in [-0.2, 0) is 13.0 Å². The van der Waals surface area contributed by atoms with Gasteiger partial charge < -0.3 is 15.5 Å². The van der Waals surface area contributed by atoms with Gasteiger partial charge in [-0.1, -0.05) is 30.3 Å². The van der Waals surface area contributed by atoms with Crippen molar-refractivity contribution in [3.05, 3.63) is 77.1 Å². The van der Waals surface area contributed by atoms with Crippen LogP contribution in [0.25, 0.3) is 0 Å². The Morgan fingerprint density at radius 3 is 2.46 bits per heavy atom. The van der Waals surface area contributed by atoms with Crippen LogP contribution in [0.15, 0.2) is 54.6 Å². The lowest BCUT2D eigenvalue weighted by molar-refractivity contribution is 0.262. The highest BCUT2D eigenvalue weighted by atomic mass is 16.2. The highest BCUT2D eigenvalue weighted by Gasteiger charge is 2.21. The fraction of sp³-hybridized carbons (Fsp3) is 0.227. The molecule has 0 saturated carbocycles. The molecule has 0 fully saturated rings. The molecule has 2 amide bonds. The molecule has 2 aromatic carbocycles. The van der Waals surface area contributed by atoms with E-state index in [1.54, 1.807) is 0 Å². The predicted octanol–water partition coefficient (Wildman–Crippen LogP) is 4.30. The Morgan fingerprint density at radius 1 is 0.964 bits per heavy atom. The second-order valence-electron chi connectivity index (χ2n) is 7.01. The normalized spacial score (nSPS) is 13.0. The molecule has 0 saturated heterocycles. The molecule has 1 aliphatic heterocycles. The maximum Gasteiger partial charge on any atom is 0.323 e. The zero-order valence-corrected chi connectivity index (χ0v) is 16.1. The Morgan fingerprint density at radius 2 is 1.71 bits per heavy atom. The first-order valence-corrected chi connectivity index (χ1v) is 9.39. The molecule has 0 radical (unpaired) electrons. The van der Waals surface area contributed by atoms with E-state index in [-0.39, 0.29) is 6.03 Å². The number of aryl methyl sites for hydroxylation is 2. The maximum atomic E-state index is 12.4. The average Bonchev–Trinajstić information content (AvgIpc) is 2.68. The van der Waals surface area contributed by atoms with Crippen LogP contribution in [-0.4, -0.2) is 22.5 Å². The minimum atomic E-state index is -0.236. The van der Waals surface area contributed by atoms with Crippen LogP contribution in [0.4, 0.5) is 22.1 Å². The number of benzene rings is 2. The maximum absolute atomic E-state index is 12.4. The van der Waals surface area contributed by atoms with E-state index < -0.39 is 0 Å². The molecular formula is C22H23N5O. The standard InChI is InChI=1S/C22H23N5O/c1-15-13-16(2)24-21(23-15)27-12-11-19-17(14-27)7-6-10-20(19)26-22(28)25-18-8-4-3-5-9-18/h3-10,13H,11-12,14H2,1-2H3,(H2,25,26,28). The number of urea groups is 1. The topological polar surface area (TPSA) is 70.2 Å². The van der Waals surface area contributed by atoms with Gasteiger partial charge in [0.15, 0.2) is 0 Å². The number of hydrogen-bond donors (Lipinski definition) is 2. The van der Waals surface area contributed by atoms with Crippen LogP contribution in [0, 0.1) is 13.8 Å². The fourth-order valence-corrected chi connectivity index (χ4v) is 3.55. The van der Waals surface area contributed by atoms with Crippen molar-refractivity contribution < 1.29 is 4.79 Å². The summed E-state index contributed by atoms with van der Waals surface area (Å²) in [6.07, 6.45) is 0.827. The van der Waals surface area contributed by atoms with Crippen molar-refractivity contribution in [3.63, 3.8) is 0 Å². The predicted molar refractivity (Wildman–Crippen MR) is 112 cm³/mol. The van der Waals surface area contributed by atoms with Gasteiger partial charge >= 0.3 is 6.03 Å². The van der Waals surface area contributed by atoms with Crippen LogP contribution in [0.3, 0.4) is 0 Å². The summed E-state index contributed by atoms with van der Waals surface area (Å²) >= 11 is 0. The van der Waals surface area contributed by atoms with Crippen LogP contribution < -0.4 is 15.5 Å². The van der Waals surface area contributed by atoms with E-state index >= 15 is 0 Å². The van der Waals surface area contributed by atoms with E-state index in [0.717, 1.165) is 48.2 Å². The van der Waals surface area contributed by atoms with Crippen molar-refractivity contribution in [1.29, 1.82) is 0 Å². The molecule has 6 heteroatoms. The van der Waals surface area contributed by atoms with E-state index in [4.69, 9.17) is 0 Å². The molecular weight excluding hydrogens is 350 g/mol. The number of nitrogens with one attached hydrogen (secondary N) is 2. The summed E-state index contributed by atoms with van der Waals surface area (Å²) in [5.74, 6) is 0.767. The Hall–Kier alpha value is -3.41. The number of carbonyl (C=O) groups excluding carboxylic acids is 1. The smallest absolute Gasteiger partial charge is 0.323 e. The van der Waals surface area contributed by atoms with E-state index in [0.29, 0.717) is 0 Å². The van der Waals surface area contributed by atoms with Gasteiger partial charge in [0.2, 0.25) is 5.95 Å². The Labute approximate surface area is 164 Å². The second-order valence-corrected chi connectivity index (χ2v) is 7.01. The number of carbonyl (C=O) groups is 1. The first-order chi connectivity index (χ1) is 13.6. The van der Waals surface area contributed by atoms with E-state index in [1.165, 1.54) is 11.1 Å². The van der Waals surface area contributed by atoms with Gasteiger partial charge in [-0.15, -0.1) is 0 Å². The molecule has 3 aromatic rings. The lowest BCUT2D eigenvalue weighted by Crippen LogP contribution is -2.33. The van der Waals surface area contributed by atoms with Crippen molar-refractivity contribution in [2.45, 2.75) is 26.8 Å². The Bertz CT molecular complexity index is 983. The highest BCUT2D eigenvalue weighted by Crippen LogP contribution is 2.28. The van der Waals surface area contributed by atoms with Crippen molar-refractivity contribution in [3.8, 4) is 0 Å². The zero-order valence-electron chi connectivity index (χ0n) is 16.1. The molecule has 0 atom stereocenters. The van der Waals surface area contributed by atoms with E-state index in [1.807, 2.05) is 62.4 Å². The lowest BCUT2D eigenvalue weighted by atomic mass is 9.98. The third-order valence-electron chi connectivity index (χ3n) is 4.80. The molecule has 0 aliphatic carbocycles. The van der Waals surface area contributed by atoms with Gasteiger partial charge in [-0.2, -0.15) is 0 Å². The molecule has 6 nitrogen and oxygen atoms in total. The SMILES string of the molecule is Cc1cc(C)nc(N2CCc3c(cccc3NC(=O)Nc3ccccc3)C2)n1. The number of anilines is 3. The fourth-order valence-electron chi connectivity index (χ4n) is 3.55.